The number of nitrogens with zero attached hydrogens (tertiary/aromatic N) is 2. The van der Waals surface area contributed by atoms with E-state index in [0.29, 0.717) is 24.4 Å². The first kappa shape index (κ1) is 15.8. The lowest BCUT2D eigenvalue weighted by Gasteiger charge is -2.14. The summed E-state index contributed by atoms with van der Waals surface area (Å²) in [6.45, 7) is 0.838. The summed E-state index contributed by atoms with van der Waals surface area (Å²) in [6, 6.07) is 12.4. The first-order chi connectivity index (χ1) is 11.7. The summed E-state index contributed by atoms with van der Waals surface area (Å²) >= 11 is 0. The van der Waals surface area contributed by atoms with Gasteiger partial charge in [0, 0.05) is 13.0 Å². The molecule has 0 N–H and O–H groups in total. The van der Waals surface area contributed by atoms with Gasteiger partial charge in [0.25, 0.3) is 0 Å². The zero-order valence-corrected chi connectivity index (χ0v) is 13.0. The molecule has 0 spiro atoms. The van der Waals surface area contributed by atoms with Gasteiger partial charge in [-0.2, -0.15) is 5.26 Å². The Kier molecular flexibility index (Phi) is 4.62. The molecule has 0 saturated carbocycles. The lowest BCUT2D eigenvalue weighted by molar-refractivity contribution is -0.149. The van der Waals surface area contributed by atoms with Gasteiger partial charge in [0.1, 0.15) is 12.4 Å². The predicted molar refractivity (Wildman–Crippen MR) is 83.2 cm³/mol. The van der Waals surface area contributed by atoms with E-state index in [1.807, 2.05) is 6.07 Å². The molecule has 0 aliphatic carbocycles. The maximum atomic E-state index is 12.2. The molecule has 3 rings (SSSR count). The van der Waals surface area contributed by atoms with Crippen molar-refractivity contribution in [3.63, 3.8) is 0 Å². The molecule has 0 bridgehead atoms. The standard InChI is InChI=1S/C18H16N2O4/c19-9-13-3-5-14(6-4-13)12-24-18(22)15-8-17(21)20(10-15)11-16-2-1-7-23-16/h1-7,15H,8,10-12H2/t15-/m0/s1. The molecule has 24 heavy (non-hydrogen) atoms. The number of furan rings is 1. The molecule has 0 unspecified atom stereocenters. The molecule has 1 fully saturated rings. The largest absolute Gasteiger partial charge is 0.467 e. The maximum Gasteiger partial charge on any atom is 0.311 e. The van der Waals surface area contributed by atoms with Crippen molar-refractivity contribution in [2.75, 3.05) is 6.54 Å². The van der Waals surface area contributed by atoms with Crippen LogP contribution in [0.2, 0.25) is 0 Å². The van der Waals surface area contributed by atoms with Gasteiger partial charge < -0.3 is 14.1 Å². The minimum absolute atomic E-state index is 0.0771. The van der Waals surface area contributed by atoms with Crippen LogP contribution in [0.3, 0.4) is 0 Å². The van der Waals surface area contributed by atoms with Gasteiger partial charge in [-0.05, 0) is 29.8 Å². The van der Waals surface area contributed by atoms with Crippen molar-refractivity contribution in [2.24, 2.45) is 5.92 Å². The van der Waals surface area contributed by atoms with Gasteiger partial charge in [-0.3, -0.25) is 9.59 Å². The first-order valence-corrected chi connectivity index (χ1v) is 7.61. The minimum atomic E-state index is -0.453. The number of benzene rings is 1. The van der Waals surface area contributed by atoms with Crippen LogP contribution >= 0.6 is 0 Å². The van der Waals surface area contributed by atoms with E-state index in [9.17, 15) is 9.59 Å². The highest BCUT2D eigenvalue weighted by Gasteiger charge is 2.35. The van der Waals surface area contributed by atoms with Crippen LogP contribution in [0, 0.1) is 17.2 Å². The van der Waals surface area contributed by atoms with E-state index in [1.165, 1.54) is 0 Å². The number of likely N-dealkylation sites (tertiary alicyclic amines) is 1. The number of rotatable bonds is 5. The molecule has 1 aromatic carbocycles. The van der Waals surface area contributed by atoms with Gasteiger partial charge in [-0.1, -0.05) is 12.1 Å². The quantitative estimate of drug-likeness (QED) is 0.788. The molecule has 1 aromatic heterocycles. The summed E-state index contributed by atoms with van der Waals surface area (Å²) in [6.07, 6.45) is 1.71. The molecule has 1 aliphatic heterocycles. The summed E-state index contributed by atoms with van der Waals surface area (Å²) in [5.74, 6) is -0.220. The smallest absolute Gasteiger partial charge is 0.311 e. The number of hydrogen-bond acceptors (Lipinski definition) is 5. The molecule has 1 aliphatic rings. The van der Waals surface area contributed by atoms with Crippen LogP contribution in [0.1, 0.15) is 23.3 Å². The molecule has 0 radical (unpaired) electrons. The number of carbonyl (C=O) groups excluding carboxylic acids is 2. The van der Waals surface area contributed by atoms with Crippen LogP contribution in [0.25, 0.3) is 0 Å². The van der Waals surface area contributed by atoms with Crippen molar-refractivity contribution < 1.29 is 18.7 Å². The summed E-state index contributed by atoms with van der Waals surface area (Å²) < 4.78 is 10.5. The Labute approximate surface area is 139 Å². The molecular formula is C18H16N2O4. The Morgan fingerprint density at radius 3 is 2.79 bits per heavy atom. The molecule has 6 heteroatoms. The molecule has 1 atom stereocenters. The van der Waals surface area contributed by atoms with Crippen molar-refractivity contribution >= 4 is 11.9 Å². The zero-order valence-electron chi connectivity index (χ0n) is 13.0. The highest BCUT2D eigenvalue weighted by Crippen LogP contribution is 2.22. The fraction of sp³-hybridized carbons (Fsp3) is 0.278. The molecular weight excluding hydrogens is 308 g/mol. The summed E-state index contributed by atoms with van der Waals surface area (Å²) in [4.78, 5) is 25.8. The van der Waals surface area contributed by atoms with E-state index >= 15 is 0 Å². The van der Waals surface area contributed by atoms with Crippen LogP contribution in [-0.4, -0.2) is 23.3 Å². The SMILES string of the molecule is N#Cc1ccc(COC(=O)[C@H]2CC(=O)N(Cc3ccco3)C2)cc1. The number of carbonyl (C=O) groups is 2. The lowest BCUT2D eigenvalue weighted by atomic mass is 10.1. The Balaban J connectivity index is 1.52. The monoisotopic (exact) mass is 324 g/mol. The second-order valence-electron chi connectivity index (χ2n) is 5.67. The normalized spacial score (nSPS) is 16.9. The summed E-state index contributed by atoms with van der Waals surface area (Å²) in [5, 5.41) is 8.75. The van der Waals surface area contributed by atoms with Gasteiger partial charge in [0.2, 0.25) is 5.91 Å². The Morgan fingerprint density at radius 1 is 1.33 bits per heavy atom. The Hall–Kier alpha value is -3.07. The number of hydrogen-bond donors (Lipinski definition) is 0. The second-order valence-corrected chi connectivity index (χ2v) is 5.67. The van der Waals surface area contributed by atoms with Crippen molar-refractivity contribution in [1.82, 2.24) is 4.90 Å². The highest BCUT2D eigenvalue weighted by molar-refractivity contribution is 5.86. The molecule has 2 heterocycles. The molecule has 6 nitrogen and oxygen atoms in total. The predicted octanol–water partition coefficient (Wildman–Crippen LogP) is 2.24. The van der Waals surface area contributed by atoms with Gasteiger partial charge >= 0.3 is 5.97 Å². The van der Waals surface area contributed by atoms with E-state index in [1.54, 1.807) is 47.6 Å². The molecule has 1 saturated heterocycles. The van der Waals surface area contributed by atoms with Crippen molar-refractivity contribution in [3.8, 4) is 6.07 Å². The third-order valence-corrected chi connectivity index (χ3v) is 3.94. The fourth-order valence-electron chi connectivity index (χ4n) is 2.62. The van der Waals surface area contributed by atoms with Crippen molar-refractivity contribution in [3.05, 3.63) is 59.5 Å². The number of esters is 1. The molecule has 2 aromatic rings. The van der Waals surface area contributed by atoms with E-state index in [-0.39, 0.29) is 24.9 Å². The Bertz CT molecular complexity index is 759. The van der Waals surface area contributed by atoms with Crippen molar-refractivity contribution in [2.45, 2.75) is 19.6 Å². The first-order valence-electron chi connectivity index (χ1n) is 7.61. The van der Waals surface area contributed by atoms with E-state index in [2.05, 4.69) is 0 Å². The van der Waals surface area contributed by atoms with Gasteiger partial charge in [-0.15, -0.1) is 0 Å². The zero-order chi connectivity index (χ0) is 16.9. The van der Waals surface area contributed by atoms with E-state index < -0.39 is 5.92 Å². The van der Waals surface area contributed by atoms with Gasteiger partial charge in [-0.25, -0.2) is 0 Å². The number of ether oxygens (including phenoxy) is 1. The average Bonchev–Trinajstić information content (AvgIpc) is 3.24. The molecule has 122 valence electrons. The number of amides is 1. The van der Waals surface area contributed by atoms with Crippen LogP contribution in [0.4, 0.5) is 0 Å². The van der Waals surface area contributed by atoms with Crippen LogP contribution in [0.5, 0.6) is 0 Å². The van der Waals surface area contributed by atoms with Gasteiger partial charge in [0.15, 0.2) is 0 Å². The lowest BCUT2D eigenvalue weighted by Crippen LogP contribution is -2.26. The van der Waals surface area contributed by atoms with Crippen LogP contribution < -0.4 is 0 Å². The van der Waals surface area contributed by atoms with Crippen molar-refractivity contribution in [1.29, 1.82) is 5.26 Å². The molecule has 1 amide bonds. The maximum absolute atomic E-state index is 12.2. The summed E-state index contributed by atoms with van der Waals surface area (Å²) in [5.41, 5.74) is 1.36. The third kappa shape index (κ3) is 3.63. The van der Waals surface area contributed by atoms with Crippen LogP contribution in [0.15, 0.2) is 47.1 Å². The third-order valence-electron chi connectivity index (χ3n) is 3.94. The van der Waals surface area contributed by atoms with Gasteiger partial charge in [0.05, 0.1) is 30.4 Å². The second kappa shape index (κ2) is 7.01. The summed E-state index contributed by atoms with van der Waals surface area (Å²) in [7, 11) is 0. The fourth-order valence-corrected chi connectivity index (χ4v) is 2.62. The average molecular weight is 324 g/mol. The topological polar surface area (TPSA) is 83.5 Å². The number of nitriles is 1. The Morgan fingerprint density at radius 2 is 2.12 bits per heavy atom. The van der Waals surface area contributed by atoms with Crippen LogP contribution in [-0.2, 0) is 27.5 Å². The van der Waals surface area contributed by atoms with E-state index in [0.717, 1.165) is 5.56 Å². The highest BCUT2D eigenvalue weighted by atomic mass is 16.5. The van der Waals surface area contributed by atoms with E-state index in [4.69, 9.17) is 14.4 Å². The minimum Gasteiger partial charge on any atom is -0.467 e.